The summed E-state index contributed by atoms with van der Waals surface area (Å²) in [5, 5.41) is 11.2. The van der Waals surface area contributed by atoms with E-state index >= 15 is 0 Å². The largest absolute Gasteiger partial charge is 0.310 e. The Labute approximate surface area is 131 Å². The molecule has 6 heteroatoms. The lowest BCUT2D eigenvalue weighted by Crippen LogP contribution is -2.44. The van der Waals surface area contributed by atoms with E-state index < -0.39 is 0 Å². The zero-order valence-electron chi connectivity index (χ0n) is 13.2. The fraction of sp³-hybridized carbons (Fsp3) is 0.733. The maximum absolute atomic E-state index is 12.1. The quantitative estimate of drug-likeness (QED) is 0.846. The Bertz CT molecular complexity index is 472. The van der Waals surface area contributed by atoms with E-state index in [1.165, 1.54) is 25.7 Å². The van der Waals surface area contributed by atoms with E-state index in [-0.39, 0.29) is 5.91 Å². The van der Waals surface area contributed by atoms with Crippen LogP contribution in [0.1, 0.15) is 38.3 Å². The normalized spacial score (nSPS) is 22.2. The van der Waals surface area contributed by atoms with Crippen LogP contribution >= 0.6 is 11.8 Å². The number of aromatic nitrogens is 2. The lowest BCUT2D eigenvalue weighted by molar-refractivity contribution is -0.115. The van der Waals surface area contributed by atoms with Crippen LogP contribution in [0.2, 0.25) is 0 Å². The predicted molar refractivity (Wildman–Crippen MR) is 88.8 cm³/mol. The number of anilines is 1. The van der Waals surface area contributed by atoms with Crippen molar-refractivity contribution in [2.75, 3.05) is 17.6 Å². The van der Waals surface area contributed by atoms with Crippen molar-refractivity contribution >= 4 is 23.5 Å². The molecule has 0 radical (unpaired) electrons. The fourth-order valence-electron chi connectivity index (χ4n) is 2.88. The minimum Gasteiger partial charge on any atom is -0.310 e. The Balaban J connectivity index is 1.81. The average Bonchev–Trinajstić information content (AvgIpc) is 2.76. The summed E-state index contributed by atoms with van der Waals surface area (Å²) in [5.41, 5.74) is 0.910. The molecule has 1 heterocycles. The van der Waals surface area contributed by atoms with Crippen LogP contribution in [0.5, 0.6) is 0 Å². The molecule has 2 atom stereocenters. The molecule has 1 amide bonds. The molecule has 1 aromatic rings. The smallest absolute Gasteiger partial charge is 0.239 e. The third kappa shape index (κ3) is 4.74. The number of amides is 1. The van der Waals surface area contributed by atoms with Crippen LogP contribution in [0, 0.1) is 6.92 Å². The molecular formula is C15H26N4OS. The van der Waals surface area contributed by atoms with Gasteiger partial charge in [0.1, 0.15) is 5.82 Å². The zero-order valence-corrected chi connectivity index (χ0v) is 14.0. The minimum absolute atomic E-state index is 0.00354. The van der Waals surface area contributed by atoms with Gasteiger partial charge in [-0.15, -0.1) is 0 Å². The van der Waals surface area contributed by atoms with Crippen molar-refractivity contribution in [3.63, 3.8) is 0 Å². The number of rotatable bonds is 6. The summed E-state index contributed by atoms with van der Waals surface area (Å²) in [6.07, 6.45) is 5.02. The van der Waals surface area contributed by atoms with E-state index in [1.54, 1.807) is 4.68 Å². The van der Waals surface area contributed by atoms with Crippen molar-refractivity contribution in [2.45, 2.75) is 50.8 Å². The van der Waals surface area contributed by atoms with Crippen LogP contribution in [0.25, 0.3) is 0 Å². The Kier molecular flexibility index (Phi) is 6.11. The second-order valence-electron chi connectivity index (χ2n) is 5.61. The van der Waals surface area contributed by atoms with Gasteiger partial charge >= 0.3 is 0 Å². The van der Waals surface area contributed by atoms with Gasteiger partial charge < -0.3 is 10.6 Å². The molecule has 0 saturated heterocycles. The summed E-state index contributed by atoms with van der Waals surface area (Å²) in [7, 11) is 1.84. The fourth-order valence-corrected chi connectivity index (χ4v) is 4.11. The molecule has 0 aromatic carbocycles. The average molecular weight is 310 g/mol. The second kappa shape index (κ2) is 7.84. The van der Waals surface area contributed by atoms with Crippen LogP contribution in [0.15, 0.2) is 6.07 Å². The molecule has 118 valence electrons. The van der Waals surface area contributed by atoms with E-state index in [0.717, 1.165) is 17.3 Å². The Morgan fingerprint density at radius 3 is 2.90 bits per heavy atom. The third-order valence-electron chi connectivity index (χ3n) is 3.88. The number of hydrogen-bond donors (Lipinski definition) is 2. The molecule has 21 heavy (non-hydrogen) atoms. The van der Waals surface area contributed by atoms with Crippen LogP contribution in [-0.4, -0.2) is 39.3 Å². The topological polar surface area (TPSA) is 59.0 Å². The van der Waals surface area contributed by atoms with Crippen LogP contribution in [0.3, 0.4) is 0 Å². The predicted octanol–water partition coefficient (Wildman–Crippen LogP) is 2.32. The summed E-state index contributed by atoms with van der Waals surface area (Å²) in [6, 6.07) is 2.34. The van der Waals surface area contributed by atoms with Crippen molar-refractivity contribution in [1.29, 1.82) is 0 Å². The van der Waals surface area contributed by atoms with E-state index in [2.05, 4.69) is 22.7 Å². The van der Waals surface area contributed by atoms with Gasteiger partial charge in [-0.3, -0.25) is 9.48 Å². The van der Waals surface area contributed by atoms with E-state index in [1.807, 2.05) is 31.8 Å². The van der Waals surface area contributed by atoms with Crippen LogP contribution < -0.4 is 10.6 Å². The molecule has 2 N–H and O–H groups in total. The number of hydrogen-bond acceptors (Lipinski definition) is 4. The maximum Gasteiger partial charge on any atom is 0.239 e. The van der Waals surface area contributed by atoms with Gasteiger partial charge in [0.05, 0.1) is 12.2 Å². The summed E-state index contributed by atoms with van der Waals surface area (Å²) < 4.78 is 1.70. The van der Waals surface area contributed by atoms with E-state index in [9.17, 15) is 4.79 Å². The van der Waals surface area contributed by atoms with Gasteiger partial charge in [0, 0.05) is 24.4 Å². The number of carbonyl (C=O) groups is 1. The van der Waals surface area contributed by atoms with Crippen molar-refractivity contribution in [3.05, 3.63) is 11.8 Å². The summed E-state index contributed by atoms with van der Waals surface area (Å²) in [5.74, 6) is 1.90. The molecule has 1 aromatic heterocycles. The molecule has 1 aliphatic rings. The molecule has 0 unspecified atom stereocenters. The zero-order chi connectivity index (χ0) is 15.2. The monoisotopic (exact) mass is 310 g/mol. The molecule has 1 aliphatic carbocycles. The number of thioether (sulfide) groups is 1. The highest BCUT2D eigenvalue weighted by Gasteiger charge is 2.25. The van der Waals surface area contributed by atoms with E-state index in [0.29, 0.717) is 17.8 Å². The van der Waals surface area contributed by atoms with Gasteiger partial charge in [-0.05, 0) is 25.5 Å². The van der Waals surface area contributed by atoms with Gasteiger partial charge in [0.15, 0.2) is 0 Å². The molecule has 0 aliphatic heterocycles. The maximum atomic E-state index is 12.1. The SMILES string of the molecule is CCS[C@H]1CCCC[C@@H]1NCC(=O)Nc1cc(C)nn1C. The number of nitrogens with zero attached hydrogens (tertiary/aromatic N) is 2. The molecule has 2 rings (SSSR count). The number of aryl methyl sites for hydroxylation is 2. The van der Waals surface area contributed by atoms with Gasteiger partial charge in [-0.25, -0.2) is 0 Å². The molecule has 1 fully saturated rings. The van der Waals surface area contributed by atoms with Crippen molar-refractivity contribution < 1.29 is 4.79 Å². The van der Waals surface area contributed by atoms with Crippen LogP contribution in [-0.2, 0) is 11.8 Å². The van der Waals surface area contributed by atoms with E-state index in [4.69, 9.17) is 0 Å². The third-order valence-corrected chi connectivity index (χ3v) is 5.20. The lowest BCUT2D eigenvalue weighted by Gasteiger charge is -2.31. The summed E-state index contributed by atoms with van der Waals surface area (Å²) in [6.45, 7) is 4.49. The van der Waals surface area contributed by atoms with Gasteiger partial charge in [0.25, 0.3) is 0 Å². The van der Waals surface area contributed by atoms with Gasteiger partial charge in [0.2, 0.25) is 5.91 Å². The first kappa shape index (κ1) is 16.4. The molecule has 5 nitrogen and oxygen atoms in total. The van der Waals surface area contributed by atoms with Crippen molar-refractivity contribution in [2.24, 2.45) is 7.05 Å². The Hall–Kier alpha value is -1.01. The van der Waals surface area contributed by atoms with Gasteiger partial charge in [-0.1, -0.05) is 19.8 Å². The molecule has 0 spiro atoms. The number of nitrogens with one attached hydrogen (secondary N) is 2. The first-order chi connectivity index (χ1) is 10.1. The molecule has 0 bridgehead atoms. The van der Waals surface area contributed by atoms with Crippen molar-refractivity contribution in [1.82, 2.24) is 15.1 Å². The molecule has 1 saturated carbocycles. The van der Waals surface area contributed by atoms with Crippen LogP contribution in [0.4, 0.5) is 5.82 Å². The lowest BCUT2D eigenvalue weighted by atomic mass is 9.95. The van der Waals surface area contributed by atoms with Gasteiger partial charge in [-0.2, -0.15) is 16.9 Å². The van der Waals surface area contributed by atoms with Crippen molar-refractivity contribution in [3.8, 4) is 0 Å². The second-order valence-corrected chi connectivity index (χ2v) is 7.12. The summed E-state index contributed by atoms with van der Waals surface area (Å²) >= 11 is 2.01. The first-order valence-electron chi connectivity index (χ1n) is 7.75. The molecular weight excluding hydrogens is 284 g/mol. The minimum atomic E-state index is 0.00354. The Morgan fingerprint density at radius 1 is 1.48 bits per heavy atom. The standard InChI is InChI=1S/C15H26N4OS/c1-4-21-13-8-6-5-7-12(13)16-10-15(20)17-14-9-11(2)18-19(14)3/h9,12-13,16H,4-8,10H2,1-3H3,(H,17,20)/t12-,13-/m0/s1. The highest BCUT2D eigenvalue weighted by Crippen LogP contribution is 2.28. The number of carbonyl (C=O) groups excluding carboxylic acids is 1. The summed E-state index contributed by atoms with van der Waals surface area (Å²) in [4.78, 5) is 12.1. The first-order valence-corrected chi connectivity index (χ1v) is 8.80. The highest BCUT2D eigenvalue weighted by atomic mass is 32.2. The Morgan fingerprint density at radius 2 is 2.24 bits per heavy atom. The highest BCUT2D eigenvalue weighted by molar-refractivity contribution is 7.99.